The lowest BCUT2D eigenvalue weighted by molar-refractivity contribution is -0.137. The molecule has 2 aromatic carbocycles. The van der Waals surface area contributed by atoms with Crippen LogP contribution < -0.4 is 10.1 Å². The molecule has 0 fully saturated rings. The number of aryl methyl sites for hydroxylation is 2. The van der Waals surface area contributed by atoms with E-state index in [1.54, 1.807) is 0 Å². The van der Waals surface area contributed by atoms with Crippen molar-refractivity contribution in [3.8, 4) is 17.2 Å². The molecule has 0 unspecified atom stereocenters. The smallest absolute Gasteiger partial charge is 0.303 e. The predicted molar refractivity (Wildman–Crippen MR) is 129 cm³/mol. The molecule has 0 aliphatic carbocycles. The summed E-state index contributed by atoms with van der Waals surface area (Å²) in [4.78, 5) is 27.5. The second kappa shape index (κ2) is 12.1. The fraction of sp³-hybridized carbons (Fsp3) is 0.320. The number of amides is 1. The molecule has 0 bridgehead atoms. The number of nitrogens with zero attached hydrogens (tertiary/aromatic N) is 1. The van der Waals surface area contributed by atoms with E-state index in [-0.39, 0.29) is 12.3 Å². The maximum atomic E-state index is 11.9. The van der Waals surface area contributed by atoms with Gasteiger partial charge >= 0.3 is 5.97 Å². The van der Waals surface area contributed by atoms with Crippen LogP contribution in [0.15, 0.2) is 52.9 Å². The molecule has 174 valence electrons. The van der Waals surface area contributed by atoms with E-state index >= 15 is 0 Å². The maximum Gasteiger partial charge on any atom is 0.303 e. The Balaban J connectivity index is 1.64. The van der Waals surface area contributed by atoms with Crippen LogP contribution in [0.1, 0.15) is 29.0 Å². The molecule has 0 saturated carbocycles. The van der Waals surface area contributed by atoms with Gasteiger partial charge < -0.3 is 19.6 Å². The van der Waals surface area contributed by atoms with Crippen LogP contribution in [-0.4, -0.2) is 40.6 Å². The zero-order valence-electron chi connectivity index (χ0n) is 18.8. The molecule has 0 spiro atoms. The topological polar surface area (TPSA) is 102 Å². The molecular weight excluding hydrogens is 440 g/mol. The van der Waals surface area contributed by atoms with Crippen LogP contribution in [0.5, 0.6) is 5.75 Å². The fourth-order valence-electron chi connectivity index (χ4n) is 3.35. The molecule has 3 rings (SSSR count). The standard InChI is InChI=1S/C25H28N2O5S/c1-17-22(27-25(32-17)19-6-4-3-5-7-19)12-13-31-21-10-8-18(9-11-24(29)30)20(14-21)15-26-23(28)16-33-2/h3-8,10,14H,9,11-13,15-16H2,1-2H3,(H,26,28)(H,29,30). The van der Waals surface area contributed by atoms with Gasteiger partial charge in [-0.3, -0.25) is 9.59 Å². The summed E-state index contributed by atoms with van der Waals surface area (Å²) in [6.07, 6.45) is 2.87. The summed E-state index contributed by atoms with van der Waals surface area (Å²) in [6, 6.07) is 15.3. The average Bonchev–Trinajstić information content (AvgIpc) is 3.18. The van der Waals surface area contributed by atoms with E-state index in [0.717, 1.165) is 28.1 Å². The lowest BCUT2D eigenvalue weighted by atomic mass is 10.0. The first-order chi connectivity index (χ1) is 16.0. The van der Waals surface area contributed by atoms with Crippen molar-refractivity contribution >= 4 is 23.6 Å². The highest BCUT2D eigenvalue weighted by Gasteiger charge is 2.12. The Morgan fingerprint density at radius 1 is 1.12 bits per heavy atom. The van der Waals surface area contributed by atoms with Crippen molar-refractivity contribution in [2.75, 3.05) is 18.6 Å². The van der Waals surface area contributed by atoms with E-state index in [0.29, 0.717) is 43.4 Å². The molecule has 1 amide bonds. The van der Waals surface area contributed by atoms with Crippen LogP contribution in [0.25, 0.3) is 11.5 Å². The Bertz CT molecular complexity index is 1080. The van der Waals surface area contributed by atoms with Gasteiger partial charge in [0.25, 0.3) is 0 Å². The van der Waals surface area contributed by atoms with Gasteiger partial charge in [0.2, 0.25) is 11.8 Å². The highest BCUT2D eigenvalue weighted by atomic mass is 32.2. The number of ether oxygens (including phenoxy) is 1. The number of aromatic nitrogens is 1. The lowest BCUT2D eigenvalue weighted by Gasteiger charge is -2.13. The van der Waals surface area contributed by atoms with Crippen molar-refractivity contribution < 1.29 is 23.8 Å². The van der Waals surface area contributed by atoms with Crippen molar-refractivity contribution in [1.82, 2.24) is 10.3 Å². The van der Waals surface area contributed by atoms with Crippen molar-refractivity contribution in [3.05, 3.63) is 71.1 Å². The molecule has 0 radical (unpaired) electrons. The molecule has 33 heavy (non-hydrogen) atoms. The van der Waals surface area contributed by atoms with Crippen LogP contribution in [0.3, 0.4) is 0 Å². The van der Waals surface area contributed by atoms with Crippen LogP contribution in [0, 0.1) is 6.92 Å². The zero-order valence-corrected chi connectivity index (χ0v) is 19.6. The SMILES string of the molecule is CSCC(=O)NCc1cc(OCCc2nc(-c3ccccc3)oc2C)ccc1CCC(=O)O. The first kappa shape index (κ1) is 24.4. The molecular formula is C25H28N2O5S. The number of carboxylic acid groups (broad SMARTS) is 1. The summed E-state index contributed by atoms with van der Waals surface area (Å²) < 4.78 is 11.7. The van der Waals surface area contributed by atoms with Crippen LogP contribution in [0.2, 0.25) is 0 Å². The van der Waals surface area contributed by atoms with Gasteiger partial charge in [-0.2, -0.15) is 11.8 Å². The number of hydrogen-bond donors (Lipinski definition) is 2. The Morgan fingerprint density at radius 3 is 2.64 bits per heavy atom. The van der Waals surface area contributed by atoms with Gasteiger partial charge in [0.05, 0.1) is 18.1 Å². The van der Waals surface area contributed by atoms with E-state index in [1.165, 1.54) is 11.8 Å². The predicted octanol–water partition coefficient (Wildman–Crippen LogP) is 4.27. The Kier molecular flexibility index (Phi) is 8.95. The Labute approximate surface area is 197 Å². The highest BCUT2D eigenvalue weighted by molar-refractivity contribution is 7.99. The van der Waals surface area contributed by atoms with Crippen molar-refractivity contribution in [3.63, 3.8) is 0 Å². The van der Waals surface area contributed by atoms with E-state index in [9.17, 15) is 9.59 Å². The Hall–Kier alpha value is -3.26. The minimum Gasteiger partial charge on any atom is -0.493 e. The summed E-state index contributed by atoms with van der Waals surface area (Å²) in [5.74, 6) is 1.47. The first-order valence-electron chi connectivity index (χ1n) is 10.7. The second-order valence-electron chi connectivity index (χ2n) is 7.52. The summed E-state index contributed by atoms with van der Waals surface area (Å²) in [5.41, 5.74) is 3.51. The van der Waals surface area contributed by atoms with E-state index in [2.05, 4.69) is 10.3 Å². The number of rotatable bonds is 12. The number of carbonyl (C=O) groups is 2. The summed E-state index contributed by atoms with van der Waals surface area (Å²) in [5, 5.41) is 11.9. The van der Waals surface area contributed by atoms with Gasteiger partial charge in [0.1, 0.15) is 11.5 Å². The molecule has 1 heterocycles. The van der Waals surface area contributed by atoms with E-state index in [1.807, 2.05) is 61.7 Å². The number of nitrogens with one attached hydrogen (secondary N) is 1. The second-order valence-corrected chi connectivity index (χ2v) is 8.39. The molecule has 0 saturated heterocycles. The molecule has 8 heteroatoms. The van der Waals surface area contributed by atoms with Crippen LogP contribution in [0.4, 0.5) is 0 Å². The highest BCUT2D eigenvalue weighted by Crippen LogP contribution is 2.23. The molecule has 0 aliphatic heterocycles. The summed E-state index contributed by atoms with van der Waals surface area (Å²) in [7, 11) is 0. The molecule has 0 atom stereocenters. The number of carbonyl (C=O) groups excluding carboxylic acids is 1. The summed E-state index contributed by atoms with van der Waals surface area (Å²) in [6.45, 7) is 2.63. The number of thioether (sulfide) groups is 1. The van der Waals surface area contributed by atoms with Crippen LogP contribution >= 0.6 is 11.8 Å². The largest absolute Gasteiger partial charge is 0.493 e. The number of hydrogen-bond acceptors (Lipinski definition) is 6. The first-order valence-corrected chi connectivity index (χ1v) is 12.1. The fourth-order valence-corrected chi connectivity index (χ4v) is 3.71. The van der Waals surface area contributed by atoms with Crippen LogP contribution in [-0.2, 0) is 29.0 Å². The molecule has 2 N–H and O–H groups in total. The average molecular weight is 469 g/mol. The van der Waals surface area contributed by atoms with Crippen molar-refractivity contribution in [2.24, 2.45) is 0 Å². The third kappa shape index (κ3) is 7.39. The van der Waals surface area contributed by atoms with E-state index < -0.39 is 5.97 Å². The molecule has 1 aromatic heterocycles. The third-order valence-corrected chi connectivity index (χ3v) is 5.61. The number of aliphatic carboxylic acids is 1. The molecule has 7 nitrogen and oxygen atoms in total. The monoisotopic (exact) mass is 468 g/mol. The quantitative estimate of drug-likeness (QED) is 0.409. The third-order valence-electron chi connectivity index (χ3n) is 5.06. The van der Waals surface area contributed by atoms with Gasteiger partial charge in [0.15, 0.2) is 0 Å². The molecule has 0 aliphatic rings. The maximum absolute atomic E-state index is 11.9. The van der Waals surface area contributed by atoms with Gasteiger partial charge in [-0.25, -0.2) is 4.98 Å². The summed E-state index contributed by atoms with van der Waals surface area (Å²) >= 11 is 1.45. The van der Waals surface area contributed by atoms with Gasteiger partial charge in [-0.05, 0) is 55.0 Å². The van der Waals surface area contributed by atoms with Crippen molar-refractivity contribution in [1.29, 1.82) is 0 Å². The number of oxazole rings is 1. The minimum absolute atomic E-state index is 0.0289. The van der Waals surface area contributed by atoms with E-state index in [4.69, 9.17) is 14.3 Å². The zero-order chi connectivity index (χ0) is 23.6. The normalized spacial score (nSPS) is 10.7. The van der Waals surface area contributed by atoms with Gasteiger partial charge in [0, 0.05) is 24.9 Å². The van der Waals surface area contributed by atoms with Gasteiger partial charge in [-0.1, -0.05) is 24.3 Å². The van der Waals surface area contributed by atoms with Crippen molar-refractivity contribution in [2.45, 2.75) is 32.7 Å². The van der Waals surface area contributed by atoms with Gasteiger partial charge in [-0.15, -0.1) is 0 Å². The minimum atomic E-state index is -0.856. The lowest BCUT2D eigenvalue weighted by Crippen LogP contribution is -2.25. The number of benzene rings is 2. The Morgan fingerprint density at radius 2 is 1.91 bits per heavy atom. The molecule has 3 aromatic rings. The number of carboxylic acids is 1.